The highest BCUT2D eigenvalue weighted by Gasteiger charge is 2.25. The highest BCUT2D eigenvalue weighted by atomic mass is 35.5. The number of ether oxygens (including phenoxy) is 1. The van der Waals surface area contributed by atoms with E-state index in [0.29, 0.717) is 48.9 Å². The minimum absolute atomic E-state index is 0.0567. The Morgan fingerprint density at radius 3 is 2.16 bits per heavy atom. The Bertz CT molecular complexity index is 1530. The number of aryl methyl sites for hydroxylation is 1. The average Bonchev–Trinajstić information content (AvgIpc) is 2.92. The highest BCUT2D eigenvalue weighted by molar-refractivity contribution is 8.00. The molecule has 1 N–H and O–H groups in total. The lowest BCUT2D eigenvalue weighted by molar-refractivity contribution is 0.101. The third kappa shape index (κ3) is 6.17. The molecule has 190 valence electrons. The first kappa shape index (κ1) is 27.2. The smallest absolute Gasteiger partial charge is 0.258 e. The molecule has 0 atom stereocenters. The molecule has 6 nitrogen and oxygen atoms in total. The number of aromatic nitrogens is 1. The summed E-state index contributed by atoms with van der Waals surface area (Å²) in [5.41, 5.74) is 3.00. The molecular weight excluding hydrogens is 541 g/mol. The van der Waals surface area contributed by atoms with Gasteiger partial charge in [-0.05, 0) is 73.2 Å². The maximum atomic E-state index is 13.5. The number of carbonyl (C=O) groups excluding carboxylic acids is 2. The lowest BCUT2D eigenvalue weighted by Gasteiger charge is -2.17. The first-order chi connectivity index (χ1) is 18.3. The molecule has 0 radical (unpaired) electrons. The Kier molecular flexibility index (Phi) is 8.70. The normalized spacial score (nSPS) is 10.5. The summed E-state index contributed by atoms with van der Waals surface area (Å²) < 4.78 is 5.27. The molecule has 0 saturated carbocycles. The summed E-state index contributed by atoms with van der Waals surface area (Å²) in [7, 11) is 1.56. The second-order valence-electron chi connectivity index (χ2n) is 8.15. The predicted molar refractivity (Wildman–Crippen MR) is 152 cm³/mol. The van der Waals surface area contributed by atoms with Crippen LogP contribution in [0.2, 0.25) is 10.0 Å². The van der Waals surface area contributed by atoms with Gasteiger partial charge in [0.2, 0.25) is 0 Å². The molecule has 1 heterocycles. The number of carbonyl (C=O) groups is 2. The SMILES string of the molecule is COc1ccc(-c2c(C#N)c(SCC(=O)c3ccc(Cl)cc3)nc(C)c2C(=O)Nc2ccc(Cl)cc2)cc1. The van der Waals surface area contributed by atoms with Crippen molar-refractivity contribution in [3.05, 3.63) is 105 Å². The van der Waals surface area contributed by atoms with Crippen molar-refractivity contribution in [2.45, 2.75) is 11.9 Å². The van der Waals surface area contributed by atoms with Crippen LogP contribution in [0.25, 0.3) is 11.1 Å². The largest absolute Gasteiger partial charge is 0.497 e. The van der Waals surface area contributed by atoms with Crippen molar-refractivity contribution in [2.24, 2.45) is 0 Å². The van der Waals surface area contributed by atoms with E-state index in [0.717, 1.165) is 11.8 Å². The maximum absolute atomic E-state index is 13.5. The number of nitrogens with zero attached hydrogens (tertiary/aromatic N) is 2. The van der Waals surface area contributed by atoms with Gasteiger partial charge in [0.1, 0.15) is 16.8 Å². The quantitative estimate of drug-likeness (QED) is 0.177. The molecule has 3 aromatic carbocycles. The standard InChI is InChI=1S/C29H21Cl2N3O3S/c1-17-26(28(36)34-22-11-9-21(31)10-12-22)27(19-5-13-23(37-2)14-6-19)24(15-32)29(33-17)38-16-25(35)18-3-7-20(30)8-4-18/h3-14H,16H2,1-2H3,(H,34,36). The molecule has 0 fully saturated rings. The minimum atomic E-state index is -0.423. The Hall–Kier alpha value is -3.83. The second-order valence-corrected chi connectivity index (χ2v) is 9.98. The van der Waals surface area contributed by atoms with Crippen LogP contribution < -0.4 is 10.1 Å². The average molecular weight is 562 g/mol. The summed E-state index contributed by atoms with van der Waals surface area (Å²) in [6, 6.07) is 22.6. The highest BCUT2D eigenvalue weighted by Crippen LogP contribution is 2.36. The molecule has 1 aromatic heterocycles. The Labute approximate surface area is 234 Å². The van der Waals surface area contributed by atoms with Gasteiger partial charge < -0.3 is 10.1 Å². The summed E-state index contributed by atoms with van der Waals surface area (Å²) in [6.07, 6.45) is 0. The number of nitrogens with one attached hydrogen (secondary N) is 1. The molecule has 4 aromatic rings. The van der Waals surface area contributed by atoms with E-state index in [2.05, 4.69) is 16.4 Å². The predicted octanol–water partition coefficient (Wildman–Crippen LogP) is 7.47. The Morgan fingerprint density at radius 2 is 1.58 bits per heavy atom. The summed E-state index contributed by atoms with van der Waals surface area (Å²) in [6.45, 7) is 1.70. The summed E-state index contributed by atoms with van der Waals surface area (Å²) >= 11 is 13.1. The van der Waals surface area contributed by atoms with Crippen LogP contribution >= 0.6 is 35.0 Å². The van der Waals surface area contributed by atoms with Gasteiger partial charge in [-0.25, -0.2) is 4.98 Å². The molecule has 0 spiro atoms. The molecule has 0 aliphatic rings. The van der Waals surface area contributed by atoms with Gasteiger partial charge in [0, 0.05) is 26.9 Å². The Morgan fingerprint density at radius 1 is 0.974 bits per heavy atom. The number of methoxy groups -OCH3 is 1. The topological polar surface area (TPSA) is 92.1 Å². The summed E-state index contributed by atoms with van der Waals surface area (Å²) in [5.74, 6) is 0.133. The van der Waals surface area contributed by atoms with Gasteiger partial charge in [-0.15, -0.1) is 0 Å². The number of amides is 1. The molecule has 9 heteroatoms. The van der Waals surface area contributed by atoms with Gasteiger partial charge in [0.05, 0.1) is 29.7 Å². The van der Waals surface area contributed by atoms with Gasteiger partial charge in [0.15, 0.2) is 5.78 Å². The van der Waals surface area contributed by atoms with Crippen molar-refractivity contribution < 1.29 is 14.3 Å². The number of nitriles is 1. The van der Waals surface area contributed by atoms with Crippen molar-refractivity contribution in [1.29, 1.82) is 5.26 Å². The molecule has 0 unspecified atom stereocenters. The zero-order chi connectivity index (χ0) is 27.2. The van der Waals surface area contributed by atoms with Crippen LogP contribution in [0.1, 0.15) is 32.0 Å². The summed E-state index contributed by atoms with van der Waals surface area (Å²) in [5, 5.41) is 14.5. The van der Waals surface area contributed by atoms with Crippen LogP contribution in [0.5, 0.6) is 5.75 Å². The Balaban J connectivity index is 1.76. The minimum Gasteiger partial charge on any atom is -0.497 e. The van der Waals surface area contributed by atoms with Gasteiger partial charge in [-0.1, -0.05) is 47.1 Å². The van der Waals surface area contributed by atoms with E-state index in [4.69, 9.17) is 27.9 Å². The number of Topliss-reactive ketones (excluding diaryl/α,β-unsaturated/α-hetero) is 1. The van der Waals surface area contributed by atoms with Gasteiger partial charge in [-0.2, -0.15) is 5.26 Å². The number of ketones is 1. The van der Waals surface area contributed by atoms with Crippen LogP contribution in [0.15, 0.2) is 77.8 Å². The second kappa shape index (κ2) is 12.1. The molecule has 0 saturated heterocycles. The molecular formula is C29H21Cl2N3O3S. The maximum Gasteiger partial charge on any atom is 0.258 e. The first-order valence-electron chi connectivity index (χ1n) is 11.4. The summed E-state index contributed by atoms with van der Waals surface area (Å²) in [4.78, 5) is 30.9. The first-order valence-corrected chi connectivity index (χ1v) is 13.1. The molecule has 0 aliphatic heterocycles. The van der Waals surface area contributed by atoms with E-state index in [1.807, 2.05) is 0 Å². The lowest BCUT2D eigenvalue weighted by Crippen LogP contribution is -2.17. The molecule has 0 aliphatic carbocycles. The zero-order valence-electron chi connectivity index (χ0n) is 20.4. The van der Waals surface area contributed by atoms with Gasteiger partial charge in [-0.3, -0.25) is 9.59 Å². The zero-order valence-corrected chi connectivity index (χ0v) is 22.7. The van der Waals surface area contributed by atoms with E-state index in [9.17, 15) is 14.9 Å². The third-order valence-corrected chi connectivity index (χ3v) is 7.15. The van der Waals surface area contributed by atoms with Crippen LogP contribution in [0.3, 0.4) is 0 Å². The van der Waals surface area contributed by atoms with Gasteiger partial charge in [0.25, 0.3) is 5.91 Å². The van der Waals surface area contributed by atoms with Crippen LogP contribution in [-0.2, 0) is 0 Å². The van der Waals surface area contributed by atoms with Crippen LogP contribution in [0, 0.1) is 18.3 Å². The number of benzene rings is 3. The number of pyridine rings is 1. The lowest BCUT2D eigenvalue weighted by atomic mass is 9.94. The van der Waals surface area contributed by atoms with Crippen molar-refractivity contribution >= 4 is 52.3 Å². The number of hydrogen-bond donors (Lipinski definition) is 1. The molecule has 38 heavy (non-hydrogen) atoms. The van der Waals surface area contributed by atoms with Crippen molar-refractivity contribution in [1.82, 2.24) is 4.98 Å². The third-order valence-electron chi connectivity index (χ3n) is 5.67. The van der Waals surface area contributed by atoms with E-state index >= 15 is 0 Å². The molecule has 1 amide bonds. The number of anilines is 1. The fourth-order valence-corrected chi connectivity index (χ4v) is 4.97. The van der Waals surface area contributed by atoms with Crippen molar-refractivity contribution in [3.63, 3.8) is 0 Å². The fraction of sp³-hybridized carbons (Fsp3) is 0.103. The number of hydrogen-bond acceptors (Lipinski definition) is 6. The van der Waals surface area contributed by atoms with Crippen LogP contribution in [0.4, 0.5) is 5.69 Å². The van der Waals surface area contributed by atoms with Crippen molar-refractivity contribution in [3.8, 4) is 22.9 Å². The number of rotatable bonds is 8. The molecule has 0 bridgehead atoms. The monoisotopic (exact) mass is 561 g/mol. The van der Waals surface area contributed by atoms with E-state index in [-0.39, 0.29) is 22.7 Å². The van der Waals surface area contributed by atoms with Crippen LogP contribution in [-0.4, -0.2) is 29.5 Å². The van der Waals surface area contributed by atoms with E-state index in [1.54, 1.807) is 86.8 Å². The van der Waals surface area contributed by atoms with E-state index in [1.165, 1.54) is 0 Å². The van der Waals surface area contributed by atoms with Crippen molar-refractivity contribution in [2.75, 3.05) is 18.2 Å². The number of thioether (sulfide) groups is 1. The van der Waals surface area contributed by atoms with E-state index < -0.39 is 5.91 Å². The molecule has 4 rings (SSSR count). The fourth-order valence-electron chi connectivity index (χ4n) is 3.79. The number of halogens is 2. The van der Waals surface area contributed by atoms with Gasteiger partial charge >= 0.3 is 0 Å².